The largest absolute Gasteiger partial charge is 0.349 e. The minimum Gasteiger partial charge on any atom is -0.349 e. The van der Waals surface area contributed by atoms with E-state index in [0.29, 0.717) is 17.0 Å². The summed E-state index contributed by atoms with van der Waals surface area (Å²) in [5.41, 5.74) is 0.803. The smallest absolute Gasteiger partial charge is 0.273 e. The Labute approximate surface area is 132 Å². The van der Waals surface area contributed by atoms with Gasteiger partial charge >= 0.3 is 0 Å². The monoisotopic (exact) mass is 354 g/mol. The summed E-state index contributed by atoms with van der Waals surface area (Å²) >= 11 is 3.50. The Kier molecular flexibility index (Phi) is 5.33. The van der Waals surface area contributed by atoms with E-state index >= 15 is 0 Å². The number of carbonyl (C=O) groups excluding carboxylic acids is 1. The Balaban J connectivity index is 2.17. The Hall–Kier alpha value is -1.43. The molecule has 1 aromatic rings. The first-order valence-electron chi connectivity index (χ1n) is 7.15. The van der Waals surface area contributed by atoms with E-state index in [0.717, 1.165) is 24.6 Å². The average molecular weight is 355 g/mol. The van der Waals surface area contributed by atoms with Crippen molar-refractivity contribution in [2.45, 2.75) is 38.6 Å². The number of benzene rings is 1. The number of hydrogen-bond acceptors (Lipinski definition) is 3. The van der Waals surface area contributed by atoms with Gasteiger partial charge in [-0.2, -0.15) is 0 Å². The molecule has 21 heavy (non-hydrogen) atoms. The Morgan fingerprint density at radius 1 is 1.43 bits per heavy atom. The summed E-state index contributed by atoms with van der Waals surface area (Å²) in [5, 5.41) is 14.9. The third-order valence-electron chi connectivity index (χ3n) is 4.17. The molecular weight excluding hydrogens is 336 g/mol. The van der Waals surface area contributed by atoms with E-state index in [9.17, 15) is 14.9 Å². The number of alkyl halides is 1. The summed E-state index contributed by atoms with van der Waals surface area (Å²) in [6.45, 7) is 1.62. The van der Waals surface area contributed by atoms with Crippen LogP contribution in [-0.2, 0) is 0 Å². The molecule has 1 saturated carbocycles. The number of carbonyl (C=O) groups is 1. The van der Waals surface area contributed by atoms with Crippen LogP contribution in [0.1, 0.15) is 41.6 Å². The summed E-state index contributed by atoms with van der Waals surface area (Å²) < 4.78 is 0. The van der Waals surface area contributed by atoms with Crippen molar-refractivity contribution in [3.63, 3.8) is 0 Å². The normalized spacial score (nSPS) is 21.8. The molecular formula is C15H19BrN2O3. The first-order chi connectivity index (χ1) is 10.0. The predicted octanol–water partition coefficient (Wildman–Crippen LogP) is 3.59. The molecule has 1 N–H and O–H groups in total. The summed E-state index contributed by atoms with van der Waals surface area (Å²) in [4.78, 5) is 22.9. The maximum Gasteiger partial charge on any atom is 0.273 e. The third-order valence-corrected chi connectivity index (χ3v) is 5.00. The van der Waals surface area contributed by atoms with Crippen molar-refractivity contribution in [3.05, 3.63) is 39.4 Å². The highest BCUT2D eigenvalue weighted by atomic mass is 79.9. The Bertz CT molecular complexity index is 548. The quantitative estimate of drug-likeness (QED) is 0.510. The minimum atomic E-state index is -0.450. The van der Waals surface area contributed by atoms with Gasteiger partial charge in [0.05, 0.1) is 4.92 Å². The van der Waals surface area contributed by atoms with Gasteiger partial charge in [-0.25, -0.2) is 0 Å². The minimum absolute atomic E-state index is 0.0108. The molecule has 1 aliphatic rings. The maximum absolute atomic E-state index is 12.4. The van der Waals surface area contributed by atoms with Gasteiger partial charge in [0.15, 0.2) is 0 Å². The molecule has 5 nitrogen and oxygen atoms in total. The number of amides is 1. The molecule has 0 bridgehead atoms. The number of nitro benzene ring substituents is 1. The van der Waals surface area contributed by atoms with Crippen LogP contribution in [-0.4, -0.2) is 22.2 Å². The number of hydrogen-bond donors (Lipinski definition) is 1. The zero-order valence-electron chi connectivity index (χ0n) is 12.0. The standard InChI is InChI=1S/C15H19BrN2O3/c1-10-12(6-4-8-14(10)18(20)21)15(19)17-13-7-3-2-5-11(13)9-16/h4,6,8,11,13H,2-3,5,7,9H2,1H3,(H,17,19). The number of nitro groups is 1. The van der Waals surface area contributed by atoms with Crippen LogP contribution in [0.4, 0.5) is 5.69 Å². The average Bonchev–Trinajstić information content (AvgIpc) is 2.47. The Morgan fingerprint density at radius 3 is 2.81 bits per heavy atom. The molecule has 0 aliphatic heterocycles. The molecule has 6 heteroatoms. The highest BCUT2D eigenvalue weighted by Gasteiger charge is 2.27. The third kappa shape index (κ3) is 3.61. The van der Waals surface area contributed by atoms with Crippen molar-refractivity contribution in [1.82, 2.24) is 5.32 Å². The van der Waals surface area contributed by atoms with Gasteiger partial charge in [-0.1, -0.05) is 34.8 Å². The van der Waals surface area contributed by atoms with Crippen molar-refractivity contribution in [2.75, 3.05) is 5.33 Å². The fraction of sp³-hybridized carbons (Fsp3) is 0.533. The van der Waals surface area contributed by atoms with Gasteiger partial charge in [-0.15, -0.1) is 0 Å². The van der Waals surface area contributed by atoms with Crippen molar-refractivity contribution in [1.29, 1.82) is 0 Å². The molecule has 1 aromatic carbocycles. The number of nitrogens with zero attached hydrogens (tertiary/aromatic N) is 1. The Morgan fingerprint density at radius 2 is 2.14 bits per heavy atom. The first kappa shape index (κ1) is 15.9. The van der Waals surface area contributed by atoms with E-state index in [-0.39, 0.29) is 17.6 Å². The number of nitrogens with one attached hydrogen (secondary N) is 1. The summed E-state index contributed by atoms with van der Waals surface area (Å²) in [5.74, 6) is 0.218. The zero-order chi connectivity index (χ0) is 15.4. The fourth-order valence-corrected chi connectivity index (χ4v) is 3.67. The van der Waals surface area contributed by atoms with E-state index in [1.807, 2.05) is 0 Å². The van der Waals surface area contributed by atoms with Gasteiger partial charge in [-0.05, 0) is 31.7 Å². The second-order valence-electron chi connectivity index (χ2n) is 5.49. The molecule has 1 fully saturated rings. The van der Waals surface area contributed by atoms with E-state index < -0.39 is 4.92 Å². The van der Waals surface area contributed by atoms with Crippen LogP contribution in [0.15, 0.2) is 18.2 Å². The van der Waals surface area contributed by atoms with Crippen LogP contribution in [0.5, 0.6) is 0 Å². The fourth-order valence-electron chi connectivity index (χ4n) is 2.90. The first-order valence-corrected chi connectivity index (χ1v) is 8.27. The van der Waals surface area contributed by atoms with Gasteiger partial charge in [0, 0.05) is 28.6 Å². The lowest BCUT2D eigenvalue weighted by Crippen LogP contribution is -2.43. The summed E-state index contributed by atoms with van der Waals surface area (Å²) in [6.07, 6.45) is 4.38. The van der Waals surface area contributed by atoms with Crippen molar-refractivity contribution >= 4 is 27.5 Å². The van der Waals surface area contributed by atoms with Crippen LogP contribution in [0.3, 0.4) is 0 Å². The van der Waals surface area contributed by atoms with Crippen LogP contribution in [0.25, 0.3) is 0 Å². The van der Waals surface area contributed by atoms with Crippen LogP contribution in [0.2, 0.25) is 0 Å². The molecule has 2 rings (SSSR count). The van der Waals surface area contributed by atoms with Crippen LogP contribution >= 0.6 is 15.9 Å². The second-order valence-corrected chi connectivity index (χ2v) is 6.13. The molecule has 2 atom stereocenters. The van der Waals surface area contributed by atoms with Crippen molar-refractivity contribution < 1.29 is 9.72 Å². The van der Waals surface area contributed by atoms with Crippen LogP contribution < -0.4 is 5.32 Å². The lowest BCUT2D eigenvalue weighted by atomic mass is 9.85. The molecule has 114 valence electrons. The number of rotatable bonds is 4. The van der Waals surface area contributed by atoms with E-state index in [1.54, 1.807) is 19.1 Å². The summed E-state index contributed by atoms with van der Waals surface area (Å²) in [7, 11) is 0. The molecule has 0 heterocycles. The van der Waals surface area contributed by atoms with Crippen LogP contribution in [0, 0.1) is 23.0 Å². The van der Waals surface area contributed by atoms with Gasteiger partial charge in [0.2, 0.25) is 0 Å². The van der Waals surface area contributed by atoms with E-state index in [1.165, 1.54) is 12.5 Å². The highest BCUT2D eigenvalue weighted by molar-refractivity contribution is 9.09. The maximum atomic E-state index is 12.4. The van der Waals surface area contributed by atoms with E-state index in [4.69, 9.17) is 0 Å². The van der Waals surface area contributed by atoms with Gasteiger partial charge in [-0.3, -0.25) is 14.9 Å². The lowest BCUT2D eigenvalue weighted by Gasteiger charge is -2.31. The molecule has 1 aliphatic carbocycles. The molecule has 0 saturated heterocycles. The predicted molar refractivity (Wildman–Crippen MR) is 84.8 cm³/mol. The topological polar surface area (TPSA) is 72.2 Å². The lowest BCUT2D eigenvalue weighted by molar-refractivity contribution is -0.385. The van der Waals surface area contributed by atoms with Gasteiger partial charge in [0.25, 0.3) is 11.6 Å². The van der Waals surface area contributed by atoms with Crippen molar-refractivity contribution in [3.8, 4) is 0 Å². The van der Waals surface area contributed by atoms with Gasteiger partial charge < -0.3 is 5.32 Å². The molecule has 0 aromatic heterocycles. The number of halogens is 1. The molecule has 0 radical (unpaired) electrons. The molecule has 0 spiro atoms. The highest BCUT2D eigenvalue weighted by Crippen LogP contribution is 2.27. The summed E-state index contributed by atoms with van der Waals surface area (Å²) in [6, 6.07) is 4.77. The van der Waals surface area contributed by atoms with E-state index in [2.05, 4.69) is 21.2 Å². The zero-order valence-corrected chi connectivity index (χ0v) is 13.6. The molecule has 2 unspecified atom stereocenters. The second kappa shape index (κ2) is 7.02. The van der Waals surface area contributed by atoms with Crippen molar-refractivity contribution in [2.24, 2.45) is 5.92 Å². The molecule has 1 amide bonds. The SMILES string of the molecule is Cc1c(C(=O)NC2CCCCC2CBr)cccc1[N+](=O)[O-]. The van der Waals surface area contributed by atoms with Gasteiger partial charge in [0.1, 0.15) is 0 Å².